The molecule has 3 atom stereocenters. The van der Waals surface area contributed by atoms with Gasteiger partial charge in [0.2, 0.25) is 11.8 Å². The van der Waals surface area contributed by atoms with E-state index in [9.17, 15) is 19.5 Å². The van der Waals surface area contributed by atoms with E-state index in [2.05, 4.69) is 10.6 Å². The summed E-state index contributed by atoms with van der Waals surface area (Å²) in [6.45, 7) is 2.04. The van der Waals surface area contributed by atoms with E-state index in [1.54, 1.807) is 31.3 Å². The van der Waals surface area contributed by atoms with Crippen molar-refractivity contribution in [3.8, 4) is 28.0 Å². The number of rotatable bonds is 8. The minimum Gasteiger partial charge on any atom is -0.496 e. The van der Waals surface area contributed by atoms with E-state index >= 15 is 4.39 Å². The summed E-state index contributed by atoms with van der Waals surface area (Å²) in [7, 11) is 4.39. The Hall–Kier alpha value is -3.99. The van der Waals surface area contributed by atoms with Gasteiger partial charge in [-0.2, -0.15) is 0 Å². The van der Waals surface area contributed by atoms with Crippen molar-refractivity contribution >= 4 is 35.1 Å². The van der Waals surface area contributed by atoms with Crippen molar-refractivity contribution in [2.24, 2.45) is 5.92 Å². The monoisotopic (exact) mass is 622 g/mol. The largest absolute Gasteiger partial charge is 0.496 e. The Kier molecular flexibility index (Phi) is 9.24. The molecule has 3 aromatic rings. The molecule has 0 bridgehead atoms. The minimum atomic E-state index is -1.04. The summed E-state index contributed by atoms with van der Waals surface area (Å²) in [5.74, 6) is -2.19. The number of anilines is 1. The Bertz CT molecular complexity index is 1620. The summed E-state index contributed by atoms with van der Waals surface area (Å²) >= 11 is 6.97. The summed E-state index contributed by atoms with van der Waals surface area (Å²) in [6, 6.07) is 13.5. The number of amides is 4. The first-order valence-corrected chi connectivity index (χ1v) is 14.9. The Balaban J connectivity index is 1.42. The quantitative estimate of drug-likeness (QED) is 0.298. The highest BCUT2D eigenvalue weighted by molar-refractivity contribution is 6.36. The lowest BCUT2D eigenvalue weighted by Gasteiger charge is -2.33. The highest BCUT2D eigenvalue weighted by atomic mass is 35.5. The van der Waals surface area contributed by atoms with Crippen molar-refractivity contribution in [3.05, 3.63) is 70.5 Å². The lowest BCUT2D eigenvalue weighted by atomic mass is 9.94. The number of carbonyl (C=O) groups is 3. The average Bonchev–Trinajstić information content (AvgIpc) is 3.42. The molecule has 0 radical (unpaired) electrons. The van der Waals surface area contributed by atoms with Gasteiger partial charge in [-0.15, -0.1) is 0 Å². The number of hydrogen-bond acceptors (Lipinski definition) is 6. The van der Waals surface area contributed by atoms with Crippen LogP contribution >= 0.6 is 11.6 Å². The van der Waals surface area contributed by atoms with Crippen LogP contribution in [0.1, 0.15) is 30.4 Å². The van der Waals surface area contributed by atoms with Gasteiger partial charge >= 0.3 is 6.03 Å². The third-order valence-electron chi connectivity index (χ3n) is 8.60. The van der Waals surface area contributed by atoms with Crippen LogP contribution < -0.4 is 15.4 Å². The normalized spacial score (nSPS) is 20.3. The Labute approximate surface area is 260 Å². The molecule has 1 saturated carbocycles. The third kappa shape index (κ3) is 6.02. The molecule has 232 valence electrons. The smallest absolute Gasteiger partial charge is 0.326 e. The number of nitrogens with one attached hydrogen (secondary N) is 2. The standard InChI is InChI=1S/C33H36ClFN4O5/c1-18-20(8-6-11-26(18)37-31(41)24-17-38(2)33(43)39(3)32(24)42)22-10-5-9-21(30(22)34)19-14-25(35)23(29(15-19)44-4)16-36-27-12-7-13-28(27)40/h5-6,8-11,14-15,24,27-28,36,40H,7,12-13,16-17H2,1-4H3,(H,37,41)/t24?,27-,28+/m1/s1. The lowest BCUT2D eigenvalue weighted by molar-refractivity contribution is -0.140. The van der Waals surface area contributed by atoms with E-state index in [0.717, 1.165) is 35.3 Å². The summed E-state index contributed by atoms with van der Waals surface area (Å²) in [5, 5.41) is 16.6. The van der Waals surface area contributed by atoms with Gasteiger partial charge in [-0.05, 0) is 61.1 Å². The zero-order chi connectivity index (χ0) is 31.7. The fourth-order valence-corrected chi connectivity index (χ4v) is 6.32. The van der Waals surface area contributed by atoms with Crippen LogP contribution in [0.25, 0.3) is 22.3 Å². The number of ether oxygens (including phenoxy) is 1. The molecule has 1 aliphatic heterocycles. The second-order valence-electron chi connectivity index (χ2n) is 11.4. The van der Waals surface area contributed by atoms with Crippen molar-refractivity contribution in [1.29, 1.82) is 0 Å². The number of nitrogens with zero attached hydrogens (tertiary/aromatic N) is 2. The van der Waals surface area contributed by atoms with Crippen LogP contribution in [0.15, 0.2) is 48.5 Å². The van der Waals surface area contributed by atoms with Gasteiger partial charge in [0.25, 0.3) is 0 Å². The maximum absolute atomic E-state index is 15.5. The van der Waals surface area contributed by atoms with Gasteiger partial charge in [-0.1, -0.05) is 41.9 Å². The van der Waals surface area contributed by atoms with E-state index in [4.69, 9.17) is 16.3 Å². The van der Waals surface area contributed by atoms with Gasteiger partial charge in [-0.25, -0.2) is 9.18 Å². The first-order chi connectivity index (χ1) is 21.0. The molecule has 2 aliphatic rings. The van der Waals surface area contributed by atoms with Gasteiger partial charge in [0.05, 0.1) is 18.2 Å². The number of benzene rings is 3. The molecular weight excluding hydrogens is 587 g/mol. The summed E-state index contributed by atoms with van der Waals surface area (Å²) < 4.78 is 21.0. The number of methoxy groups -OCH3 is 1. The Morgan fingerprint density at radius 1 is 1.09 bits per heavy atom. The van der Waals surface area contributed by atoms with Crippen LogP contribution in [0.5, 0.6) is 5.75 Å². The molecule has 3 aromatic carbocycles. The Morgan fingerprint density at radius 2 is 1.80 bits per heavy atom. The predicted octanol–water partition coefficient (Wildman–Crippen LogP) is 5.21. The van der Waals surface area contributed by atoms with Crippen molar-refractivity contribution < 1.29 is 28.6 Å². The van der Waals surface area contributed by atoms with Crippen LogP contribution in [-0.2, 0) is 16.1 Å². The first kappa shape index (κ1) is 31.4. The van der Waals surface area contributed by atoms with Crippen molar-refractivity contribution in [2.75, 3.05) is 33.1 Å². The fourth-order valence-electron chi connectivity index (χ4n) is 5.99. The van der Waals surface area contributed by atoms with E-state index in [1.165, 1.54) is 25.1 Å². The van der Waals surface area contributed by atoms with Crippen LogP contribution in [0.4, 0.5) is 14.9 Å². The number of halogens is 2. The molecule has 44 heavy (non-hydrogen) atoms. The highest BCUT2D eigenvalue weighted by Crippen LogP contribution is 2.41. The van der Waals surface area contributed by atoms with Crippen LogP contribution in [0.3, 0.4) is 0 Å². The summed E-state index contributed by atoms with van der Waals surface area (Å²) in [4.78, 5) is 40.2. The minimum absolute atomic E-state index is 0.0160. The maximum Gasteiger partial charge on any atom is 0.326 e. The topological polar surface area (TPSA) is 111 Å². The number of urea groups is 1. The molecule has 5 rings (SSSR count). The molecule has 0 spiro atoms. The predicted molar refractivity (Wildman–Crippen MR) is 167 cm³/mol. The molecule has 1 aliphatic carbocycles. The molecule has 1 saturated heterocycles. The van der Waals surface area contributed by atoms with Gasteiger partial charge in [0, 0.05) is 55.6 Å². The van der Waals surface area contributed by atoms with Gasteiger partial charge in [0.15, 0.2) is 0 Å². The second kappa shape index (κ2) is 12.9. The zero-order valence-electron chi connectivity index (χ0n) is 25.1. The molecule has 0 aromatic heterocycles. The van der Waals surface area contributed by atoms with Crippen molar-refractivity contribution in [3.63, 3.8) is 0 Å². The molecule has 9 nitrogen and oxygen atoms in total. The molecule has 2 fully saturated rings. The number of aliphatic hydroxyl groups excluding tert-OH is 1. The molecule has 4 amide bonds. The molecular formula is C33H36ClFN4O5. The summed E-state index contributed by atoms with van der Waals surface area (Å²) in [6.07, 6.45) is 2.06. The van der Waals surface area contributed by atoms with Crippen molar-refractivity contribution in [2.45, 2.75) is 44.9 Å². The molecule has 1 unspecified atom stereocenters. The summed E-state index contributed by atoms with van der Waals surface area (Å²) in [5.41, 5.74) is 4.16. The lowest BCUT2D eigenvalue weighted by Crippen LogP contribution is -2.56. The maximum atomic E-state index is 15.5. The Morgan fingerprint density at radius 3 is 2.50 bits per heavy atom. The first-order valence-electron chi connectivity index (χ1n) is 14.5. The average molecular weight is 623 g/mol. The van der Waals surface area contributed by atoms with Crippen LogP contribution in [0.2, 0.25) is 5.02 Å². The number of hydrogen-bond donors (Lipinski definition) is 3. The third-order valence-corrected chi connectivity index (χ3v) is 9.01. The van der Waals surface area contributed by atoms with Gasteiger partial charge in [0.1, 0.15) is 17.5 Å². The van der Waals surface area contributed by atoms with E-state index in [-0.39, 0.29) is 19.1 Å². The second-order valence-corrected chi connectivity index (χ2v) is 11.7. The molecule has 3 N–H and O–H groups in total. The molecule has 11 heteroatoms. The van der Waals surface area contributed by atoms with Crippen LogP contribution in [-0.4, -0.2) is 72.6 Å². The van der Waals surface area contributed by atoms with Crippen LogP contribution in [0, 0.1) is 18.7 Å². The number of carbonyl (C=O) groups excluding carboxylic acids is 3. The molecule has 1 heterocycles. The zero-order valence-corrected chi connectivity index (χ0v) is 25.9. The fraction of sp³-hybridized carbons (Fsp3) is 0.364. The number of aliphatic hydroxyl groups is 1. The van der Waals surface area contributed by atoms with E-state index in [0.29, 0.717) is 38.7 Å². The van der Waals surface area contributed by atoms with Gasteiger partial charge < -0.3 is 25.4 Å². The SMILES string of the molecule is COc1cc(-c2cccc(-c3cccc(NC(=O)C4CN(C)C(=O)N(C)C4=O)c3C)c2Cl)cc(F)c1CN[C@@H]1CCC[C@@H]1O. The van der Waals surface area contributed by atoms with E-state index in [1.807, 2.05) is 25.1 Å². The van der Waals surface area contributed by atoms with Crippen molar-refractivity contribution in [1.82, 2.24) is 15.1 Å². The number of imide groups is 1. The highest BCUT2D eigenvalue weighted by Gasteiger charge is 2.39. The van der Waals surface area contributed by atoms with Gasteiger partial charge in [-0.3, -0.25) is 14.5 Å². The van der Waals surface area contributed by atoms with E-state index < -0.39 is 35.7 Å².